The number of halogens is 2. The van der Waals surface area contributed by atoms with E-state index in [1.54, 1.807) is 0 Å². The second kappa shape index (κ2) is 6.89. The quantitative estimate of drug-likeness (QED) is 0.829. The average molecular weight is 345 g/mol. The number of carbonyl (C=O) groups excluding carboxylic acids is 1. The summed E-state index contributed by atoms with van der Waals surface area (Å²) < 4.78 is 26.9. The number of nitrogens with one attached hydrogen (secondary N) is 1. The third kappa shape index (κ3) is 3.45. The number of anilines is 1. The van der Waals surface area contributed by atoms with Gasteiger partial charge in [-0.1, -0.05) is 18.5 Å². The van der Waals surface area contributed by atoms with E-state index in [1.165, 1.54) is 12.1 Å². The lowest BCUT2D eigenvalue weighted by atomic mass is 10.1. The number of benzene rings is 1. The van der Waals surface area contributed by atoms with Gasteiger partial charge in [-0.2, -0.15) is 4.37 Å². The second-order valence-corrected chi connectivity index (χ2v) is 5.49. The Balaban J connectivity index is 2.31. The van der Waals surface area contributed by atoms with Gasteiger partial charge in [-0.25, -0.2) is 9.18 Å². The average Bonchev–Trinajstić information content (AvgIpc) is 2.91. The Labute approximate surface area is 135 Å². The highest BCUT2D eigenvalue weighted by Gasteiger charge is 2.22. The number of carbonyl (C=O) groups is 1. The van der Waals surface area contributed by atoms with E-state index in [0.29, 0.717) is 0 Å². The minimum absolute atomic E-state index is 0.000107. The van der Waals surface area contributed by atoms with Gasteiger partial charge in [0, 0.05) is 6.04 Å². The SMILES string of the molecule is CCC(C)NC(=O)Oc1nsnc1-c1c(F)ccc(N)c1Cl. The number of aromatic nitrogens is 2. The van der Waals surface area contributed by atoms with Crippen molar-refractivity contribution in [2.45, 2.75) is 26.3 Å². The maximum Gasteiger partial charge on any atom is 0.414 e. The van der Waals surface area contributed by atoms with E-state index in [2.05, 4.69) is 14.1 Å². The predicted molar refractivity (Wildman–Crippen MR) is 83.6 cm³/mol. The third-order valence-electron chi connectivity index (χ3n) is 2.98. The first-order chi connectivity index (χ1) is 10.4. The topological polar surface area (TPSA) is 90.1 Å². The van der Waals surface area contributed by atoms with Crippen LogP contribution in [0, 0.1) is 5.82 Å². The van der Waals surface area contributed by atoms with Crippen LogP contribution >= 0.6 is 23.3 Å². The zero-order valence-corrected chi connectivity index (χ0v) is 13.5. The van der Waals surface area contributed by atoms with E-state index in [0.717, 1.165) is 18.1 Å². The molecule has 0 saturated heterocycles. The van der Waals surface area contributed by atoms with E-state index < -0.39 is 11.9 Å². The fourth-order valence-electron chi connectivity index (χ4n) is 1.61. The molecule has 0 radical (unpaired) electrons. The van der Waals surface area contributed by atoms with Crippen molar-refractivity contribution >= 4 is 35.1 Å². The van der Waals surface area contributed by atoms with Crippen molar-refractivity contribution in [1.29, 1.82) is 0 Å². The van der Waals surface area contributed by atoms with Gasteiger partial charge in [0.1, 0.15) is 5.82 Å². The lowest BCUT2D eigenvalue weighted by molar-refractivity contribution is 0.195. The number of amides is 1. The van der Waals surface area contributed by atoms with Crippen LogP contribution in [-0.4, -0.2) is 20.9 Å². The van der Waals surface area contributed by atoms with Gasteiger partial charge in [0.05, 0.1) is 28.0 Å². The van der Waals surface area contributed by atoms with Crippen molar-refractivity contribution in [3.8, 4) is 17.1 Å². The second-order valence-electron chi connectivity index (χ2n) is 4.59. The van der Waals surface area contributed by atoms with E-state index in [4.69, 9.17) is 22.1 Å². The van der Waals surface area contributed by atoms with E-state index in [-0.39, 0.29) is 33.9 Å². The Morgan fingerprint density at radius 3 is 2.95 bits per heavy atom. The van der Waals surface area contributed by atoms with E-state index in [9.17, 15) is 9.18 Å². The molecular weight excluding hydrogens is 331 g/mol. The molecule has 1 unspecified atom stereocenters. The molecular formula is C13H14ClFN4O2S. The molecule has 0 aliphatic rings. The lowest BCUT2D eigenvalue weighted by Crippen LogP contribution is -2.34. The first kappa shape index (κ1) is 16.4. The minimum atomic E-state index is -0.691. The van der Waals surface area contributed by atoms with Gasteiger partial charge in [0.25, 0.3) is 5.88 Å². The van der Waals surface area contributed by atoms with Crippen LogP contribution < -0.4 is 15.8 Å². The highest BCUT2D eigenvalue weighted by molar-refractivity contribution is 6.99. The molecule has 2 aromatic rings. The highest BCUT2D eigenvalue weighted by Crippen LogP contribution is 2.38. The van der Waals surface area contributed by atoms with Crippen molar-refractivity contribution in [2.24, 2.45) is 0 Å². The monoisotopic (exact) mass is 344 g/mol. The maximum atomic E-state index is 14.0. The Bertz CT molecular complexity index is 695. The standard InChI is InChI=1S/C13H14ClFN4O2S/c1-3-6(2)17-13(20)21-12-11(18-22-19-12)9-7(15)4-5-8(16)10(9)14/h4-6H,3,16H2,1-2H3,(H,17,20). The Morgan fingerprint density at radius 2 is 2.27 bits per heavy atom. The lowest BCUT2D eigenvalue weighted by Gasteiger charge is -2.11. The zero-order valence-electron chi connectivity index (χ0n) is 11.9. The molecule has 0 saturated carbocycles. The smallest absolute Gasteiger partial charge is 0.398 e. The van der Waals surface area contributed by atoms with Crippen molar-refractivity contribution in [1.82, 2.24) is 14.1 Å². The van der Waals surface area contributed by atoms with Gasteiger partial charge in [0.2, 0.25) is 0 Å². The summed E-state index contributed by atoms with van der Waals surface area (Å²) in [5, 5.41) is 2.61. The van der Waals surface area contributed by atoms with Crippen LogP contribution in [0.5, 0.6) is 5.88 Å². The third-order valence-corrected chi connectivity index (χ3v) is 3.90. The Morgan fingerprint density at radius 1 is 1.55 bits per heavy atom. The molecule has 6 nitrogen and oxygen atoms in total. The number of hydrogen-bond donors (Lipinski definition) is 2. The summed E-state index contributed by atoms with van der Waals surface area (Å²) in [6.07, 6.45) is 0.0520. The fraction of sp³-hybridized carbons (Fsp3) is 0.308. The van der Waals surface area contributed by atoms with Gasteiger partial charge in [0.15, 0.2) is 5.69 Å². The van der Waals surface area contributed by atoms with Crippen LogP contribution in [0.3, 0.4) is 0 Å². The van der Waals surface area contributed by atoms with Gasteiger partial charge in [-0.3, -0.25) is 0 Å². The Hall–Kier alpha value is -1.93. The van der Waals surface area contributed by atoms with Crippen LogP contribution in [0.2, 0.25) is 5.02 Å². The minimum Gasteiger partial charge on any atom is -0.398 e. The van der Waals surface area contributed by atoms with Crippen molar-refractivity contribution < 1.29 is 13.9 Å². The normalized spacial score (nSPS) is 12.0. The van der Waals surface area contributed by atoms with Crippen molar-refractivity contribution in [3.63, 3.8) is 0 Å². The molecule has 0 aliphatic carbocycles. The molecule has 0 bridgehead atoms. The van der Waals surface area contributed by atoms with Crippen LogP contribution in [-0.2, 0) is 0 Å². The number of nitrogens with zero attached hydrogens (tertiary/aromatic N) is 2. The molecule has 1 amide bonds. The molecule has 118 valence electrons. The van der Waals surface area contributed by atoms with Crippen molar-refractivity contribution in [2.75, 3.05) is 5.73 Å². The largest absolute Gasteiger partial charge is 0.414 e. The summed E-state index contributed by atoms with van der Waals surface area (Å²) in [4.78, 5) is 11.8. The van der Waals surface area contributed by atoms with E-state index >= 15 is 0 Å². The molecule has 0 fully saturated rings. The van der Waals surface area contributed by atoms with Gasteiger partial charge in [-0.05, 0) is 25.5 Å². The first-order valence-corrected chi connectivity index (χ1v) is 7.59. The molecule has 1 atom stereocenters. The number of nitrogens with two attached hydrogens (primary N) is 1. The number of ether oxygens (including phenoxy) is 1. The van der Waals surface area contributed by atoms with Gasteiger partial charge < -0.3 is 15.8 Å². The van der Waals surface area contributed by atoms with Crippen LogP contribution in [0.25, 0.3) is 11.3 Å². The Kier molecular flexibility index (Phi) is 5.15. The summed E-state index contributed by atoms with van der Waals surface area (Å²) in [6.45, 7) is 3.75. The maximum absolute atomic E-state index is 14.0. The number of nitrogen functional groups attached to an aromatic ring is 1. The zero-order chi connectivity index (χ0) is 16.3. The fourth-order valence-corrected chi connectivity index (χ4v) is 2.34. The van der Waals surface area contributed by atoms with Crippen LogP contribution in [0.15, 0.2) is 12.1 Å². The molecule has 0 aliphatic heterocycles. The number of rotatable bonds is 4. The molecule has 1 aromatic heterocycles. The van der Waals surface area contributed by atoms with Crippen LogP contribution in [0.4, 0.5) is 14.9 Å². The van der Waals surface area contributed by atoms with E-state index in [1.807, 2.05) is 13.8 Å². The molecule has 2 rings (SSSR count). The molecule has 0 spiro atoms. The van der Waals surface area contributed by atoms with Crippen molar-refractivity contribution in [3.05, 3.63) is 23.0 Å². The summed E-state index contributed by atoms with van der Waals surface area (Å²) in [5.74, 6) is -0.740. The van der Waals surface area contributed by atoms with Gasteiger partial charge in [-0.15, -0.1) is 4.37 Å². The molecule has 22 heavy (non-hydrogen) atoms. The number of hydrogen-bond acceptors (Lipinski definition) is 6. The summed E-state index contributed by atoms with van der Waals surface area (Å²) in [5.41, 5.74) is 5.86. The summed E-state index contributed by atoms with van der Waals surface area (Å²) in [6, 6.07) is 2.45. The summed E-state index contributed by atoms with van der Waals surface area (Å²) >= 11 is 6.80. The van der Waals surface area contributed by atoms with Gasteiger partial charge >= 0.3 is 6.09 Å². The molecule has 9 heteroatoms. The molecule has 1 aromatic carbocycles. The summed E-state index contributed by atoms with van der Waals surface area (Å²) in [7, 11) is 0. The predicted octanol–water partition coefficient (Wildman–Crippen LogP) is 3.47. The molecule has 1 heterocycles. The van der Waals surface area contributed by atoms with Crippen LogP contribution in [0.1, 0.15) is 20.3 Å². The highest BCUT2D eigenvalue weighted by atomic mass is 35.5. The first-order valence-electron chi connectivity index (χ1n) is 6.48. The molecule has 3 N–H and O–H groups in total.